The molecule has 0 aliphatic rings. The van der Waals surface area contributed by atoms with Gasteiger partial charge in [-0.2, -0.15) is 0 Å². The molecular weight excluding hydrogens is 192 g/mol. The van der Waals surface area contributed by atoms with Crippen molar-refractivity contribution in [1.29, 1.82) is 0 Å². The van der Waals surface area contributed by atoms with Gasteiger partial charge in [0.2, 0.25) is 0 Å². The van der Waals surface area contributed by atoms with E-state index in [4.69, 9.17) is 5.73 Å². The average molecular weight is 206 g/mol. The Balaban J connectivity index is 2.27. The van der Waals surface area contributed by atoms with Crippen molar-refractivity contribution in [3.05, 3.63) is 29.3 Å². The van der Waals surface area contributed by atoms with E-state index in [0.717, 1.165) is 23.4 Å². The minimum atomic E-state index is 0.246. The molecule has 3 heteroatoms. The Bertz CT molecular complexity index is 389. The zero-order valence-corrected chi connectivity index (χ0v) is 9.05. The van der Waals surface area contributed by atoms with Gasteiger partial charge in [0.15, 0.2) is 0 Å². The molecule has 1 atom stereocenters. The van der Waals surface area contributed by atoms with Crippen molar-refractivity contribution in [3.63, 3.8) is 0 Å². The van der Waals surface area contributed by atoms with E-state index in [0.29, 0.717) is 0 Å². The first kappa shape index (κ1) is 9.62. The molecule has 1 aromatic carbocycles. The van der Waals surface area contributed by atoms with Crippen molar-refractivity contribution < 1.29 is 0 Å². The second kappa shape index (κ2) is 4.07. The number of rotatable bonds is 3. The maximum absolute atomic E-state index is 5.89. The normalized spacial score (nSPS) is 13.3. The molecule has 1 heterocycles. The Morgan fingerprint density at radius 3 is 2.93 bits per heavy atom. The summed E-state index contributed by atoms with van der Waals surface area (Å²) in [7, 11) is 0. The Kier molecular flexibility index (Phi) is 2.79. The highest BCUT2D eigenvalue weighted by Crippen LogP contribution is 2.22. The van der Waals surface area contributed by atoms with Crippen LogP contribution >= 0.6 is 11.3 Å². The lowest BCUT2D eigenvalue weighted by atomic mass is 10.2. The second-order valence-electron chi connectivity index (χ2n) is 3.45. The molecule has 0 saturated heterocycles. The maximum Gasteiger partial charge on any atom is 0.0954 e. The van der Waals surface area contributed by atoms with Gasteiger partial charge in [0.05, 0.1) is 15.2 Å². The lowest BCUT2D eigenvalue weighted by molar-refractivity contribution is 0.645. The van der Waals surface area contributed by atoms with Crippen molar-refractivity contribution in [2.45, 2.75) is 25.8 Å². The summed E-state index contributed by atoms with van der Waals surface area (Å²) in [6, 6.07) is 8.46. The van der Waals surface area contributed by atoms with Crippen LogP contribution in [0.5, 0.6) is 0 Å². The van der Waals surface area contributed by atoms with E-state index in [-0.39, 0.29) is 6.04 Å². The van der Waals surface area contributed by atoms with Crippen LogP contribution in [-0.2, 0) is 6.42 Å². The molecule has 14 heavy (non-hydrogen) atoms. The van der Waals surface area contributed by atoms with Gasteiger partial charge in [-0.3, -0.25) is 0 Å². The monoisotopic (exact) mass is 206 g/mol. The molecule has 0 bridgehead atoms. The quantitative estimate of drug-likeness (QED) is 0.838. The van der Waals surface area contributed by atoms with Crippen LogP contribution in [0, 0.1) is 0 Å². The Morgan fingerprint density at radius 2 is 2.21 bits per heavy atom. The van der Waals surface area contributed by atoms with Gasteiger partial charge < -0.3 is 5.73 Å². The number of hydrogen-bond donors (Lipinski definition) is 1. The molecule has 2 aromatic rings. The van der Waals surface area contributed by atoms with E-state index >= 15 is 0 Å². The molecule has 0 spiro atoms. The van der Waals surface area contributed by atoms with Gasteiger partial charge in [0.1, 0.15) is 0 Å². The molecule has 2 nitrogen and oxygen atoms in total. The first-order valence-electron chi connectivity index (χ1n) is 4.89. The van der Waals surface area contributed by atoms with Gasteiger partial charge in [-0.05, 0) is 18.6 Å². The number of para-hydroxylation sites is 1. The SMILES string of the molecule is CCC(N)Cc1nc2ccccc2s1. The molecule has 0 aliphatic carbocycles. The van der Waals surface area contributed by atoms with E-state index in [1.54, 1.807) is 11.3 Å². The lowest BCUT2D eigenvalue weighted by Crippen LogP contribution is -2.21. The molecule has 74 valence electrons. The van der Waals surface area contributed by atoms with Crippen LogP contribution in [0.3, 0.4) is 0 Å². The highest BCUT2D eigenvalue weighted by molar-refractivity contribution is 7.18. The molecule has 2 rings (SSSR count). The van der Waals surface area contributed by atoms with Crippen LogP contribution < -0.4 is 5.73 Å². The van der Waals surface area contributed by atoms with Gasteiger partial charge in [0, 0.05) is 12.5 Å². The van der Waals surface area contributed by atoms with Crippen molar-refractivity contribution in [3.8, 4) is 0 Å². The Labute approximate surface area is 87.8 Å². The number of aromatic nitrogens is 1. The Hall–Kier alpha value is -0.930. The molecule has 2 N–H and O–H groups in total. The molecular formula is C11H14N2S. The minimum Gasteiger partial charge on any atom is -0.327 e. The maximum atomic E-state index is 5.89. The predicted molar refractivity (Wildman–Crippen MR) is 61.6 cm³/mol. The average Bonchev–Trinajstić information content (AvgIpc) is 2.59. The molecule has 0 aliphatic heterocycles. The smallest absolute Gasteiger partial charge is 0.0954 e. The Morgan fingerprint density at radius 1 is 1.43 bits per heavy atom. The molecule has 0 fully saturated rings. The number of nitrogens with zero attached hydrogens (tertiary/aromatic N) is 1. The van der Waals surface area contributed by atoms with E-state index in [9.17, 15) is 0 Å². The largest absolute Gasteiger partial charge is 0.327 e. The van der Waals surface area contributed by atoms with Gasteiger partial charge in [-0.15, -0.1) is 11.3 Å². The number of nitrogens with two attached hydrogens (primary N) is 1. The third-order valence-electron chi connectivity index (χ3n) is 2.30. The van der Waals surface area contributed by atoms with Gasteiger partial charge in [0.25, 0.3) is 0 Å². The summed E-state index contributed by atoms with van der Waals surface area (Å²) in [5, 5.41) is 1.15. The molecule has 1 aromatic heterocycles. The van der Waals surface area contributed by atoms with Crippen LogP contribution in [0.1, 0.15) is 18.4 Å². The summed E-state index contributed by atoms with van der Waals surface area (Å²) in [5.74, 6) is 0. The summed E-state index contributed by atoms with van der Waals surface area (Å²) in [4.78, 5) is 4.54. The molecule has 0 saturated carbocycles. The van der Waals surface area contributed by atoms with Crippen LogP contribution in [0.2, 0.25) is 0 Å². The van der Waals surface area contributed by atoms with E-state index in [1.165, 1.54) is 4.70 Å². The summed E-state index contributed by atoms with van der Waals surface area (Å²) < 4.78 is 1.26. The topological polar surface area (TPSA) is 38.9 Å². The van der Waals surface area contributed by atoms with E-state index in [2.05, 4.69) is 18.0 Å². The summed E-state index contributed by atoms with van der Waals surface area (Å²) in [5.41, 5.74) is 6.99. The first-order chi connectivity index (χ1) is 6.79. The highest BCUT2D eigenvalue weighted by atomic mass is 32.1. The fourth-order valence-corrected chi connectivity index (χ4v) is 2.44. The third-order valence-corrected chi connectivity index (χ3v) is 3.36. The van der Waals surface area contributed by atoms with E-state index < -0.39 is 0 Å². The fraction of sp³-hybridized carbons (Fsp3) is 0.364. The van der Waals surface area contributed by atoms with Crippen molar-refractivity contribution >= 4 is 21.6 Å². The van der Waals surface area contributed by atoms with Crippen LogP contribution in [0.4, 0.5) is 0 Å². The summed E-state index contributed by atoms with van der Waals surface area (Å²) >= 11 is 1.75. The fourth-order valence-electron chi connectivity index (χ4n) is 1.38. The van der Waals surface area contributed by atoms with Gasteiger partial charge in [-0.25, -0.2) is 4.98 Å². The zero-order valence-electron chi connectivity index (χ0n) is 8.23. The summed E-state index contributed by atoms with van der Waals surface area (Å²) in [6.45, 7) is 2.11. The number of benzene rings is 1. The lowest BCUT2D eigenvalue weighted by Gasteiger charge is -2.03. The third kappa shape index (κ3) is 1.94. The predicted octanol–water partition coefficient (Wildman–Crippen LogP) is 2.58. The van der Waals surface area contributed by atoms with Crippen molar-refractivity contribution in [2.75, 3.05) is 0 Å². The highest BCUT2D eigenvalue weighted by Gasteiger charge is 2.06. The van der Waals surface area contributed by atoms with Crippen molar-refractivity contribution in [1.82, 2.24) is 4.98 Å². The number of thiazole rings is 1. The standard InChI is InChI=1S/C11H14N2S/c1-2-8(12)7-11-13-9-5-3-4-6-10(9)14-11/h3-6,8H,2,7,12H2,1H3. The number of hydrogen-bond acceptors (Lipinski definition) is 3. The number of fused-ring (bicyclic) bond motifs is 1. The molecule has 1 unspecified atom stereocenters. The minimum absolute atomic E-state index is 0.246. The van der Waals surface area contributed by atoms with Crippen LogP contribution in [0.15, 0.2) is 24.3 Å². The van der Waals surface area contributed by atoms with Crippen LogP contribution in [-0.4, -0.2) is 11.0 Å². The molecule has 0 amide bonds. The summed E-state index contributed by atoms with van der Waals surface area (Å²) in [6.07, 6.45) is 1.91. The van der Waals surface area contributed by atoms with Gasteiger partial charge >= 0.3 is 0 Å². The van der Waals surface area contributed by atoms with Crippen LogP contribution in [0.25, 0.3) is 10.2 Å². The van der Waals surface area contributed by atoms with Crippen molar-refractivity contribution in [2.24, 2.45) is 5.73 Å². The van der Waals surface area contributed by atoms with E-state index in [1.807, 2.05) is 18.2 Å². The first-order valence-corrected chi connectivity index (χ1v) is 5.71. The zero-order chi connectivity index (χ0) is 9.97. The van der Waals surface area contributed by atoms with Gasteiger partial charge in [-0.1, -0.05) is 19.1 Å². The second-order valence-corrected chi connectivity index (χ2v) is 4.56. The molecule has 0 radical (unpaired) electrons.